The first-order valence-corrected chi connectivity index (χ1v) is 7.14. The number of esters is 2. The number of ether oxygens (including phenoxy) is 2. The van der Waals surface area contributed by atoms with E-state index in [1.807, 2.05) is 0 Å². The number of aliphatic hydroxyl groups is 1. The van der Waals surface area contributed by atoms with Crippen LogP contribution < -0.4 is 0 Å². The Kier molecular flexibility index (Phi) is 6.95. The van der Waals surface area contributed by atoms with E-state index in [0.29, 0.717) is 0 Å². The van der Waals surface area contributed by atoms with E-state index >= 15 is 0 Å². The molecule has 0 aliphatic heterocycles. The van der Waals surface area contributed by atoms with Gasteiger partial charge in [0, 0.05) is 15.6 Å². The molecule has 1 rings (SSSR count). The number of carbonyl (C=O) groups excluding carboxylic acids is 2. The van der Waals surface area contributed by atoms with Crippen molar-refractivity contribution in [3.05, 3.63) is 33.8 Å². The van der Waals surface area contributed by atoms with E-state index in [2.05, 4.69) is 0 Å². The van der Waals surface area contributed by atoms with Crippen molar-refractivity contribution in [2.45, 2.75) is 20.0 Å². The fourth-order valence-corrected chi connectivity index (χ4v) is 2.40. The minimum absolute atomic E-state index is 0.0672. The summed E-state index contributed by atoms with van der Waals surface area (Å²) in [6, 6.07) is 4.59. The Labute approximate surface area is 132 Å². The molecule has 1 aromatic rings. The van der Waals surface area contributed by atoms with E-state index in [9.17, 15) is 14.7 Å². The highest BCUT2D eigenvalue weighted by Gasteiger charge is 2.39. The topological polar surface area (TPSA) is 72.8 Å². The van der Waals surface area contributed by atoms with Gasteiger partial charge in [-0.15, -0.1) is 0 Å². The van der Waals surface area contributed by atoms with Crippen LogP contribution in [-0.4, -0.2) is 30.3 Å². The molecule has 5 nitrogen and oxygen atoms in total. The lowest BCUT2D eigenvalue weighted by Crippen LogP contribution is -2.33. The summed E-state index contributed by atoms with van der Waals surface area (Å²) in [7, 11) is 0. The Morgan fingerprint density at radius 2 is 1.52 bits per heavy atom. The second kappa shape index (κ2) is 8.22. The Hall–Kier alpha value is -1.30. The summed E-state index contributed by atoms with van der Waals surface area (Å²) in [5.74, 6) is -3.32. The minimum Gasteiger partial charge on any atom is -0.465 e. The second-order valence-electron chi connectivity index (χ2n) is 4.06. The van der Waals surface area contributed by atoms with Crippen molar-refractivity contribution in [2.75, 3.05) is 13.2 Å². The third-order valence-corrected chi connectivity index (χ3v) is 3.35. The maximum Gasteiger partial charge on any atom is 0.323 e. The maximum absolute atomic E-state index is 11.9. The predicted octanol–water partition coefficient (Wildman–Crippen LogP) is 2.77. The summed E-state index contributed by atoms with van der Waals surface area (Å²) >= 11 is 12.0. The van der Waals surface area contributed by atoms with Gasteiger partial charge in [0.1, 0.15) is 6.10 Å². The fraction of sp³-hybridized carbons (Fsp3) is 0.429. The number of carbonyl (C=O) groups is 2. The molecule has 116 valence electrons. The van der Waals surface area contributed by atoms with Crippen LogP contribution >= 0.6 is 23.2 Å². The van der Waals surface area contributed by atoms with Crippen molar-refractivity contribution in [1.82, 2.24) is 0 Å². The van der Waals surface area contributed by atoms with Gasteiger partial charge in [-0.1, -0.05) is 29.3 Å². The van der Waals surface area contributed by atoms with Gasteiger partial charge in [0.15, 0.2) is 5.92 Å². The lowest BCUT2D eigenvalue weighted by atomic mass is 9.95. The first kappa shape index (κ1) is 17.8. The van der Waals surface area contributed by atoms with Crippen LogP contribution in [0, 0.1) is 5.92 Å². The lowest BCUT2D eigenvalue weighted by Gasteiger charge is -2.21. The molecular weight excluding hydrogens is 319 g/mol. The molecule has 21 heavy (non-hydrogen) atoms. The molecule has 0 fully saturated rings. The summed E-state index contributed by atoms with van der Waals surface area (Å²) in [5, 5.41) is 10.7. The van der Waals surface area contributed by atoms with Gasteiger partial charge in [-0.3, -0.25) is 9.59 Å². The molecule has 0 aliphatic carbocycles. The van der Waals surface area contributed by atoms with E-state index in [1.165, 1.54) is 12.1 Å². The number of hydrogen-bond acceptors (Lipinski definition) is 5. The van der Waals surface area contributed by atoms with Gasteiger partial charge < -0.3 is 14.6 Å². The van der Waals surface area contributed by atoms with Crippen molar-refractivity contribution < 1.29 is 24.2 Å². The molecule has 1 aromatic carbocycles. The Morgan fingerprint density at radius 3 is 1.90 bits per heavy atom. The van der Waals surface area contributed by atoms with E-state index in [4.69, 9.17) is 32.7 Å². The predicted molar refractivity (Wildman–Crippen MR) is 78.2 cm³/mol. The van der Waals surface area contributed by atoms with Gasteiger partial charge in [-0.05, 0) is 26.0 Å². The van der Waals surface area contributed by atoms with E-state index in [0.717, 1.165) is 0 Å². The van der Waals surface area contributed by atoms with Crippen LogP contribution in [0.3, 0.4) is 0 Å². The summed E-state index contributed by atoms with van der Waals surface area (Å²) < 4.78 is 9.62. The highest BCUT2D eigenvalue weighted by atomic mass is 35.5. The minimum atomic E-state index is -1.55. The summed E-state index contributed by atoms with van der Waals surface area (Å²) in [4.78, 5) is 23.9. The molecule has 0 radical (unpaired) electrons. The van der Waals surface area contributed by atoms with Crippen LogP contribution in [0.2, 0.25) is 10.0 Å². The molecule has 0 heterocycles. The summed E-state index contributed by atoms with van der Waals surface area (Å²) in [5.41, 5.74) is 0.0898. The Morgan fingerprint density at radius 1 is 1.10 bits per heavy atom. The molecule has 0 aromatic heterocycles. The highest BCUT2D eigenvalue weighted by Crippen LogP contribution is 2.35. The molecule has 0 aliphatic rings. The molecule has 1 N–H and O–H groups in total. The van der Waals surface area contributed by atoms with Gasteiger partial charge in [0.2, 0.25) is 0 Å². The van der Waals surface area contributed by atoms with Crippen LogP contribution in [0.5, 0.6) is 0 Å². The Bertz CT molecular complexity index is 480. The van der Waals surface area contributed by atoms with Gasteiger partial charge in [-0.2, -0.15) is 0 Å². The smallest absolute Gasteiger partial charge is 0.323 e. The Balaban J connectivity index is 3.18. The summed E-state index contributed by atoms with van der Waals surface area (Å²) in [6.07, 6.45) is -1.55. The van der Waals surface area contributed by atoms with Gasteiger partial charge in [-0.25, -0.2) is 0 Å². The summed E-state index contributed by atoms with van der Waals surface area (Å²) in [6.45, 7) is 3.32. The SMILES string of the molecule is CCOC(=O)C(C(=O)OCC)C(O)c1c(Cl)cccc1Cl. The van der Waals surface area contributed by atoms with Crippen molar-refractivity contribution in [2.24, 2.45) is 5.92 Å². The lowest BCUT2D eigenvalue weighted by molar-refractivity contribution is -0.167. The third-order valence-electron chi connectivity index (χ3n) is 2.69. The second-order valence-corrected chi connectivity index (χ2v) is 4.88. The largest absolute Gasteiger partial charge is 0.465 e. The van der Waals surface area contributed by atoms with Gasteiger partial charge in [0.05, 0.1) is 13.2 Å². The van der Waals surface area contributed by atoms with Crippen molar-refractivity contribution in [1.29, 1.82) is 0 Å². The van der Waals surface area contributed by atoms with Crippen LogP contribution in [0.15, 0.2) is 18.2 Å². The van der Waals surface area contributed by atoms with E-state index in [-0.39, 0.29) is 28.8 Å². The van der Waals surface area contributed by atoms with Crippen LogP contribution in [0.4, 0.5) is 0 Å². The highest BCUT2D eigenvalue weighted by molar-refractivity contribution is 6.36. The number of halogens is 2. The standard InChI is InChI=1S/C14H16Cl2O5/c1-3-20-13(18)11(14(19)21-4-2)12(17)10-8(15)6-5-7-9(10)16/h5-7,11-12,17H,3-4H2,1-2H3. The van der Waals surface area contributed by atoms with Crippen LogP contribution in [-0.2, 0) is 19.1 Å². The van der Waals surface area contributed by atoms with Crippen LogP contribution in [0.25, 0.3) is 0 Å². The molecule has 0 saturated carbocycles. The average Bonchev–Trinajstić information content (AvgIpc) is 2.39. The number of benzene rings is 1. The van der Waals surface area contributed by atoms with Crippen molar-refractivity contribution in [3.8, 4) is 0 Å². The molecule has 1 atom stereocenters. The maximum atomic E-state index is 11.9. The zero-order valence-electron chi connectivity index (χ0n) is 11.6. The first-order chi connectivity index (χ1) is 9.93. The zero-order valence-corrected chi connectivity index (χ0v) is 13.1. The molecule has 0 amide bonds. The molecule has 7 heteroatoms. The quantitative estimate of drug-likeness (QED) is 0.639. The van der Waals surface area contributed by atoms with E-state index in [1.54, 1.807) is 19.9 Å². The van der Waals surface area contributed by atoms with Crippen LogP contribution in [0.1, 0.15) is 25.5 Å². The first-order valence-electron chi connectivity index (χ1n) is 6.39. The average molecular weight is 335 g/mol. The number of rotatable bonds is 6. The fourth-order valence-electron chi connectivity index (χ4n) is 1.78. The van der Waals surface area contributed by atoms with Crippen molar-refractivity contribution in [3.63, 3.8) is 0 Å². The molecule has 0 bridgehead atoms. The van der Waals surface area contributed by atoms with Gasteiger partial charge >= 0.3 is 11.9 Å². The number of hydrogen-bond donors (Lipinski definition) is 1. The molecular formula is C14H16Cl2O5. The number of aliphatic hydroxyl groups excluding tert-OH is 1. The monoisotopic (exact) mass is 334 g/mol. The van der Waals surface area contributed by atoms with Crippen molar-refractivity contribution >= 4 is 35.1 Å². The van der Waals surface area contributed by atoms with E-state index < -0.39 is 24.0 Å². The molecule has 1 unspecified atom stereocenters. The normalized spacial score (nSPS) is 12.1. The molecule has 0 spiro atoms. The van der Waals surface area contributed by atoms with Gasteiger partial charge in [0.25, 0.3) is 0 Å². The zero-order chi connectivity index (χ0) is 16.0. The molecule has 0 saturated heterocycles. The third kappa shape index (κ3) is 4.33.